The van der Waals surface area contributed by atoms with E-state index in [-0.39, 0.29) is 17.6 Å². The van der Waals surface area contributed by atoms with Crippen molar-refractivity contribution in [3.8, 4) is 11.5 Å². The highest BCUT2D eigenvalue weighted by Gasteiger charge is 2.25. The third-order valence-corrected chi connectivity index (χ3v) is 2.55. The second-order valence-corrected chi connectivity index (χ2v) is 4.10. The number of fused-ring (bicyclic) bond motifs is 1. The van der Waals surface area contributed by atoms with Crippen molar-refractivity contribution in [1.82, 2.24) is 4.90 Å². The van der Waals surface area contributed by atoms with E-state index in [4.69, 9.17) is 4.74 Å². The van der Waals surface area contributed by atoms with Crippen LogP contribution < -0.4 is 0 Å². The summed E-state index contributed by atoms with van der Waals surface area (Å²) in [7, 11) is 3.95. The first-order valence-corrected chi connectivity index (χ1v) is 4.89. The van der Waals surface area contributed by atoms with Gasteiger partial charge in [-0.05, 0) is 37.4 Å². The summed E-state index contributed by atoms with van der Waals surface area (Å²) in [4.78, 5) is 2.03. The van der Waals surface area contributed by atoms with E-state index in [1.165, 1.54) is 0 Å². The molecule has 0 amide bonds. The zero-order valence-corrected chi connectivity index (χ0v) is 8.90. The van der Waals surface area contributed by atoms with E-state index < -0.39 is 0 Å². The normalized spacial score (nSPS) is 19.5. The lowest BCUT2D eigenvalue weighted by atomic mass is 10.0. The minimum absolute atomic E-state index is 0.0125. The average Bonchev–Trinajstić information content (AvgIpc) is 2.49. The Bertz CT molecular complexity index is 376. The molecule has 0 saturated heterocycles. The minimum Gasteiger partial charge on any atom is -0.504 e. The topological polar surface area (TPSA) is 52.9 Å². The van der Waals surface area contributed by atoms with Crippen LogP contribution in [0, 0.1) is 0 Å². The maximum absolute atomic E-state index is 9.42. The van der Waals surface area contributed by atoms with Gasteiger partial charge in [0.1, 0.15) is 0 Å². The molecule has 1 unspecified atom stereocenters. The van der Waals surface area contributed by atoms with Gasteiger partial charge >= 0.3 is 0 Å². The summed E-state index contributed by atoms with van der Waals surface area (Å²) in [6.45, 7) is 1.28. The first-order valence-electron chi connectivity index (χ1n) is 4.89. The maximum Gasteiger partial charge on any atom is 0.157 e. The summed E-state index contributed by atoms with van der Waals surface area (Å²) in [5.41, 5.74) is 1.93. The van der Waals surface area contributed by atoms with Gasteiger partial charge in [-0.25, -0.2) is 0 Å². The third kappa shape index (κ3) is 1.91. The molecule has 0 radical (unpaired) electrons. The number of hydrogen-bond donors (Lipinski definition) is 2. The third-order valence-electron chi connectivity index (χ3n) is 2.55. The van der Waals surface area contributed by atoms with E-state index in [9.17, 15) is 10.2 Å². The van der Waals surface area contributed by atoms with Crippen LogP contribution in [0.5, 0.6) is 11.5 Å². The van der Waals surface area contributed by atoms with Crippen LogP contribution in [0.1, 0.15) is 17.2 Å². The van der Waals surface area contributed by atoms with Gasteiger partial charge in [-0.2, -0.15) is 0 Å². The number of rotatable bonds is 2. The van der Waals surface area contributed by atoms with Crippen LogP contribution in [0.3, 0.4) is 0 Å². The van der Waals surface area contributed by atoms with Gasteiger partial charge in [0, 0.05) is 6.54 Å². The van der Waals surface area contributed by atoms with Gasteiger partial charge in [0.25, 0.3) is 0 Å². The number of phenolic OH excluding ortho intramolecular Hbond substituents is 2. The monoisotopic (exact) mass is 209 g/mol. The number of ether oxygens (including phenoxy) is 1. The number of nitrogens with zero attached hydrogens (tertiary/aromatic N) is 1. The van der Waals surface area contributed by atoms with Crippen molar-refractivity contribution in [2.24, 2.45) is 0 Å². The van der Waals surface area contributed by atoms with Crippen LogP contribution in [0.2, 0.25) is 0 Å². The average molecular weight is 209 g/mol. The summed E-state index contributed by atoms with van der Waals surface area (Å²) in [6.07, 6.45) is -0.0125. The van der Waals surface area contributed by atoms with Gasteiger partial charge in [-0.15, -0.1) is 0 Å². The van der Waals surface area contributed by atoms with Gasteiger partial charge in [-0.1, -0.05) is 0 Å². The van der Waals surface area contributed by atoms with Crippen LogP contribution >= 0.6 is 0 Å². The highest BCUT2D eigenvalue weighted by Crippen LogP contribution is 2.37. The van der Waals surface area contributed by atoms with Gasteiger partial charge in [0.2, 0.25) is 0 Å². The number of hydrogen-bond acceptors (Lipinski definition) is 4. The molecule has 1 aliphatic heterocycles. The summed E-state index contributed by atoms with van der Waals surface area (Å²) in [5, 5.41) is 18.8. The van der Waals surface area contributed by atoms with Crippen molar-refractivity contribution >= 4 is 0 Å². The van der Waals surface area contributed by atoms with Gasteiger partial charge in [0.15, 0.2) is 11.5 Å². The number of phenols is 2. The first kappa shape index (κ1) is 10.3. The Morgan fingerprint density at radius 3 is 2.67 bits per heavy atom. The zero-order valence-electron chi connectivity index (χ0n) is 8.90. The molecule has 1 aromatic carbocycles. The molecule has 2 N–H and O–H groups in total. The Hall–Kier alpha value is -1.26. The molecule has 1 aromatic rings. The quantitative estimate of drug-likeness (QED) is 0.719. The molecule has 2 rings (SSSR count). The molecule has 0 fully saturated rings. The molecule has 0 aliphatic carbocycles. The lowest BCUT2D eigenvalue weighted by Crippen LogP contribution is -2.19. The van der Waals surface area contributed by atoms with Crippen LogP contribution in [0.15, 0.2) is 12.1 Å². The fourth-order valence-electron chi connectivity index (χ4n) is 1.82. The number of aromatic hydroxyl groups is 2. The molecule has 0 spiro atoms. The van der Waals surface area contributed by atoms with Crippen LogP contribution in [0.25, 0.3) is 0 Å². The molecule has 1 aliphatic rings. The van der Waals surface area contributed by atoms with Crippen LogP contribution in [0.4, 0.5) is 0 Å². The maximum atomic E-state index is 9.42. The molecule has 1 heterocycles. The molecule has 4 heteroatoms. The lowest BCUT2D eigenvalue weighted by Gasteiger charge is -2.16. The molecular formula is C11H15NO3. The van der Waals surface area contributed by atoms with E-state index in [1.54, 1.807) is 12.1 Å². The Labute approximate surface area is 88.7 Å². The van der Waals surface area contributed by atoms with E-state index in [2.05, 4.69) is 0 Å². The SMILES string of the molecule is CN(C)CC1OCc2cc(O)c(O)cc21. The Kier molecular flexibility index (Phi) is 2.54. The molecule has 82 valence electrons. The summed E-state index contributed by atoms with van der Waals surface area (Å²) < 4.78 is 5.58. The van der Waals surface area contributed by atoms with Crippen molar-refractivity contribution in [3.63, 3.8) is 0 Å². The fourth-order valence-corrected chi connectivity index (χ4v) is 1.82. The molecule has 1 atom stereocenters. The van der Waals surface area contributed by atoms with Gasteiger partial charge < -0.3 is 19.8 Å². The smallest absolute Gasteiger partial charge is 0.157 e. The van der Waals surface area contributed by atoms with Crippen molar-refractivity contribution < 1.29 is 14.9 Å². The standard InChI is InChI=1S/C11H15NO3/c1-12(2)5-11-8-4-10(14)9(13)3-7(8)6-15-11/h3-4,11,13-14H,5-6H2,1-2H3. The van der Waals surface area contributed by atoms with E-state index in [0.29, 0.717) is 6.61 Å². The number of likely N-dealkylation sites (N-methyl/N-ethyl adjacent to an activating group) is 1. The van der Waals surface area contributed by atoms with E-state index in [1.807, 2.05) is 19.0 Å². The summed E-state index contributed by atoms with van der Waals surface area (Å²) in [5.74, 6) is -0.161. The highest BCUT2D eigenvalue weighted by atomic mass is 16.5. The molecule has 0 bridgehead atoms. The second-order valence-electron chi connectivity index (χ2n) is 4.10. The first-order chi connectivity index (χ1) is 7.08. The summed E-state index contributed by atoms with van der Waals surface area (Å²) in [6, 6.07) is 3.16. The largest absolute Gasteiger partial charge is 0.504 e. The van der Waals surface area contributed by atoms with Crippen molar-refractivity contribution in [2.45, 2.75) is 12.7 Å². The van der Waals surface area contributed by atoms with Crippen molar-refractivity contribution in [2.75, 3.05) is 20.6 Å². The van der Waals surface area contributed by atoms with Crippen molar-refractivity contribution in [3.05, 3.63) is 23.3 Å². The predicted molar refractivity (Wildman–Crippen MR) is 55.9 cm³/mol. The second kappa shape index (κ2) is 3.72. The zero-order chi connectivity index (χ0) is 11.0. The molecule has 4 nitrogen and oxygen atoms in total. The molecule has 0 saturated carbocycles. The van der Waals surface area contributed by atoms with E-state index >= 15 is 0 Å². The Morgan fingerprint density at radius 2 is 2.00 bits per heavy atom. The lowest BCUT2D eigenvalue weighted by molar-refractivity contribution is 0.0474. The van der Waals surface area contributed by atoms with Gasteiger partial charge in [-0.3, -0.25) is 0 Å². The van der Waals surface area contributed by atoms with E-state index in [0.717, 1.165) is 17.7 Å². The van der Waals surface area contributed by atoms with Gasteiger partial charge in [0.05, 0.1) is 12.7 Å². The van der Waals surface area contributed by atoms with Crippen molar-refractivity contribution in [1.29, 1.82) is 0 Å². The molecule has 15 heavy (non-hydrogen) atoms. The minimum atomic E-state index is -0.0807. The number of benzene rings is 1. The van der Waals surface area contributed by atoms with Crippen LogP contribution in [-0.2, 0) is 11.3 Å². The molecule has 0 aromatic heterocycles. The predicted octanol–water partition coefficient (Wildman–Crippen LogP) is 1.23. The van der Waals surface area contributed by atoms with Crippen LogP contribution in [-0.4, -0.2) is 35.8 Å². The Morgan fingerprint density at radius 1 is 1.33 bits per heavy atom. The Balaban J connectivity index is 2.30. The molecular weight excluding hydrogens is 194 g/mol. The summed E-state index contributed by atoms with van der Waals surface area (Å²) >= 11 is 0. The fraction of sp³-hybridized carbons (Fsp3) is 0.455. The highest BCUT2D eigenvalue weighted by molar-refractivity contribution is 5.47.